The molecule has 5 nitrogen and oxygen atoms in total. The van der Waals surface area contributed by atoms with Crippen molar-refractivity contribution < 1.29 is 19.5 Å². The lowest BCUT2D eigenvalue weighted by Gasteiger charge is -2.11. The van der Waals surface area contributed by atoms with Crippen LogP contribution >= 0.6 is 0 Å². The number of amides is 1. The summed E-state index contributed by atoms with van der Waals surface area (Å²) in [7, 11) is 0. The molecule has 0 radical (unpaired) electrons. The molecule has 0 aromatic rings. The summed E-state index contributed by atoms with van der Waals surface area (Å²) in [5.41, 5.74) is 2.09. The van der Waals surface area contributed by atoms with Gasteiger partial charge in [0, 0.05) is 0 Å². The van der Waals surface area contributed by atoms with Crippen molar-refractivity contribution in [1.82, 2.24) is 5.48 Å². The zero-order valence-electron chi connectivity index (χ0n) is 18.3. The van der Waals surface area contributed by atoms with Crippen LogP contribution in [-0.4, -0.2) is 24.1 Å². The Morgan fingerprint density at radius 2 is 1.21 bits per heavy atom. The molecule has 1 amide bonds. The fourth-order valence-corrected chi connectivity index (χ4v) is 3.62. The minimum Gasteiger partial charge on any atom is -0.481 e. The number of nitrogens with one attached hydrogen (secondary N) is 1. The molecule has 2 N–H and O–H groups in total. The number of aliphatic carboxylic acids is 1. The maximum atomic E-state index is 11.2. The Balaban J connectivity index is 3.31. The van der Waals surface area contributed by atoms with E-state index in [1.54, 1.807) is 0 Å². The SMILES string of the molecule is CCCCCCCCCCCCCCCCCCC(CCONC=O)C(=O)O. The van der Waals surface area contributed by atoms with Crippen molar-refractivity contribution in [2.24, 2.45) is 5.92 Å². The highest BCUT2D eigenvalue weighted by Crippen LogP contribution is 2.17. The van der Waals surface area contributed by atoms with E-state index in [9.17, 15) is 14.7 Å². The van der Waals surface area contributed by atoms with Crippen molar-refractivity contribution in [3.05, 3.63) is 0 Å². The fraction of sp³-hybridized carbons (Fsp3) is 0.913. The van der Waals surface area contributed by atoms with Crippen molar-refractivity contribution in [1.29, 1.82) is 0 Å². The smallest absolute Gasteiger partial charge is 0.306 e. The first kappa shape index (κ1) is 26.9. The van der Waals surface area contributed by atoms with Gasteiger partial charge in [-0.15, -0.1) is 0 Å². The maximum absolute atomic E-state index is 11.2. The molecular formula is C23H45NO4. The largest absolute Gasteiger partial charge is 0.481 e. The monoisotopic (exact) mass is 399 g/mol. The number of carbonyl (C=O) groups excluding carboxylic acids is 1. The Labute approximate surface area is 173 Å². The van der Waals surface area contributed by atoms with Crippen LogP contribution < -0.4 is 5.48 Å². The highest BCUT2D eigenvalue weighted by Gasteiger charge is 2.16. The van der Waals surface area contributed by atoms with Gasteiger partial charge in [-0.1, -0.05) is 110 Å². The second kappa shape index (κ2) is 22.2. The lowest BCUT2D eigenvalue weighted by molar-refractivity contribution is -0.143. The number of rotatable bonds is 23. The summed E-state index contributed by atoms with van der Waals surface area (Å²) in [6, 6.07) is 0. The summed E-state index contributed by atoms with van der Waals surface area (Å²) in [6.45, 7) is 2.51. The number of carbonyl (C=O) groups is 2. The van der Waals surface area contributed by atoms with Gasteiger partial charge in [-0.05, 0) is 12.8 Å². The van der Waals surface area contributed by atoms with Crippen LogP contribution in [0.15, 0.2) is 0 Å². The van der Waals surface area contributed by atoms with Crippen LogP contribution in [0.2, 0.25) is 0 Å². The highest BCUT2D eigenvalue weighted by atomic mass is 16.6. The number of hydrogen-bond donors (Lipinski definition) is 2. The lowest BCUT2D eigenvalue weighted by Crippen LogP contribution is -2.19. The van der Waals surface area contributed by atoms with E-state index in [-0.39, 0.29) is 12.5 Å². The molecule has 0 aromatic heterocycles. The van der Waals surface area contributed by atoms with Crippen molar-refractivity contribution in [3.8, 4) is 0 Å². The first-order valence-electron chi connectivity index (χ1n) is 11.8. The van der Waals surface area contributed by atoms with E-state index in [2.05, 4.69) is 12.4 Å². The maximum Gasteiger partial charge on any atom is 0.306 e. The van der Waals surface area contributed by atoms with Crippen LogP contribution in [0.4, 0.5) is 0 Å². The first-order valence-corrected chi connectivity index (χ1v) is 11.8. The molecule has 5 heteroatoms. The summed E-state index contributed by atoms with van der Waals surface area (Å²) in [6.07, 6.45) is 22.7. The molecule has 0 saturated heterocycles. The van der Waals surface area contributed by atoms with Crippen LogP contribution in [0, 0.1) is 5.92 Å². The Bertz CT molecular complexity index is 349. The first-order chi connectivity index (χ1) is 13.7. The predicted octanol–water partition coefficient (Wildman–Crippen LogP) is 6.41. The molecule has 0 heterocycles. The molecule has 0 bridgehead atoms. The van der Waals surface area contributed by atoms with Gasteiger partial charge in [0.1, 0.15) is 0 Å². The van der Waals surface area contributed by atoms with Crippen LogP contribution in [0.1, 0.15) is 122 Å². The number of hydrogen-bond acceptors (Lipinski definition) is 3. The Morgan fingerprint density at radius 1 is 0.786 bits per heavy atom. The number of unbranched alkanes of at least 4 members (excludes halogenated alkanes) is 15. The number of carboxylic acid groups (broad SMARTS) is 1. The summed E-state index contributed by atoms with van der Waals surface area (Å²) in [4.78, 5) is 26.1. The van der Waals surface area contributed by atoms with Crippen molar-refractivity contribution in [2.75, 3.05) is 6.61 Å². The predicted molar refractivity (Wildman–Crippen MR) is 115 cm³/mol. The minimum absolute atomic E-state index is 0.245. The molecule has 1 unspecified atom stereocenters. The molecule has 0 fully saturated rings. The quantitative estimate of drug-likeness (QED) is 0.118. The molecule has 0 rings (SSSR count). The fourth-order valence-electron chi connectivity index (χ4n) is 3.62. The average Bonchev–Trinajstić information content (AvgIpc) is 2.69. The van der Waals surface area contributed by atoms with Crippen LogP contribution in [-0.2, 0) is 14.4 Å². The minimum atomic E-state index is -0.768. The van der Waals surface area contributed by atoms with E-state index in [1.807, 2.05) is 0 Å². The Kier molecular flexibility index (Phi) is 21.3. The van der Waals surface area contributed by atoms with Gasteiger partial charge in [0.05, 0.1) is 12.5 Å². The normalized spacial score (nSPS) is 12.0. The van der Waals surface area contributed by atoms with E-state index >= 15 is 0 Å². The van der Waals surface area contributed by atoms with E-state index in [0.717, 1.165) is 12.8 Å². The van der Waals surface area contributed by atoms with Gasteiger partial charge in [-0.3, -0.25) is 14.4 Å². The Morgan fingerprint density at radius 3 is 1.61 bits per heavy atom. The third-order valence-electron chi connectivity index (χ3n) is 5.46. The summed E-state index contributed by atoms with van der Waals surface area (Å²) >= 11 is 0. The van der Waals surface area contributed by atoms with Gasteiger partial charge in [-0.2, -0.15) is 0 Å². The number of hydroxylamine groups is 1. The molecule has 0 aliphatic rings. The van der Waals surface area contributed by atoms with E-state index in [1.165, 1.54) is 89.9 Å². The molecule has 28 heavy (non-hydrogen) atoms. The molecule has 0 aromatic carbocycles. The lowest BCUT2D eigenvalue weighted by atomic mass is 9.97. The molecule has 0 spiro atoms. The zero-order valence-corrected chi connectivity index (χ0v) is 18.3. The summed E-state index contributed by atoms with van der Waals surface area (Å²) in [5, 5.41) is 9.21. The van der Waals surface area contributed by atoms with Crippen molar-refractivity contribution in [3.63, 3.8) is 0 Å². The summed E-state index contributed by atoms with van der Waals surface area (Å²) < 4.78 is 0. The molecule has 1 atom stereocenters. The van der Waals surface area contributed by atoms with Gasteiger partial charge < -0.3 is 5.11 Å². The third kappa shape index (κ3) is 19.7. The van der Waals surface area contributed by atoms with Gasteiger partial charge in [0.2, 0.25) is 6.41 Å². The topological polar surface area (TPSA) is 75.6 Å². The van der Waals surface area contributed by atoms with Crippen LogP contribution in [0.25, 0.3) is 0 Å². The molecule has 0 aliphatic carbocycles. The highest BCUT2D eigenvalue weighted by molar-refractivity contribution is 5.69. The van der Waals surface area contributed by atoms with E-state index < -0.39 is 5.97 Å². The van der Waals surface area contributed by atoms with Crippen molar-refractivity contribution in [2.45, 2.75) is 122 Å². The Hall–Kier alpha value is -1.10. The second-order valence-electron chi connectivity index (χ2n) is 8.00. The van der Waals surface area contributed by atoms with E-state index in [0.29, 0.717) is 19.3 Å². The molecular weight excluding hydrogens is 354 g/mol. The summed E-state index contributed by atoms with van der Waals surface area (Å²) in [5.74, 6) is -1.14. The van der Waals surface area contributed by atoms with Gasteiger partial charge >= 0.3 is 5.97 Å². The van der Waals surface area contributed by atoms with Crippen molar-refractivity contribution >= 4 is 12.4 Å². The van der Waals surface area contributed by atoms with E-state index in [4.69, 9.17) is 4.84 Å². The van der Waals surface area contributed by atoms with Gasteiger partial charge in [0.25, 0.3) is 0 Å². The van der Waals surface area contributed by atoms with Gasteiger partial charge in [0.15, 0.2) is 0 Å². The zero-order chi connectivity index (χ0) is 20.7. The molecule has 0 saturated carbocycles. The molecule has 166 valence electrons. The van der Waals surface area contributed by atoms with Crippen LogP contribution in [0.5, 0.6) is 0 Å². The number of carboxylic acids is 1. The van der Waals surface area contributed by atoms with Gasteiger partial charge in [-0.25, -0.2) is 5.48 Å². The molecule has 0 aliphatic heterocycles. The standard InChI is InChI=1S/C23H45NO4/c1-2-3-4-5-6-7-8-9-10-11-12-13-14-15-16-17-18-22(23(26)27)19-20-28-24-21-25/h21-22H,2-20H2,1H3,(H,24,25)(H,26,27). The average molecular weight is 400 g/mol. The second-order valence-corrected chi connectivity index (χ2v) is 8.00. The van der Waals surface area contributed by atoms with Crippen LogP contribution in [0.3, 0.4) is 0 Å². The third-order valence-corrected chi connectivity index (χ3v) is 5.46.